The van der Waals surface area contributed by atoms with Crippen LogP contribution in [0, 0.1) is 16.3 Å². The molecule has 4 N–H and O–H groups in total. The summed E-state index contributed by atoms with van der Waals surface area (Å²) in [5.74, 6) is -0.375. The van der Waals surface area contributed by atoms with Crippen molar-refractivity contribution in [3.8, 4) is 10.8 Å². The first-order chi connectivity index (χ1) is 26.9. The molecule has 2 atom stereocenters. The SMILES string of the molecule is CNC(=O)[C@@H](NC(=O)c1nc(-c2nccs2)n2c1CN(C)CC2)C(C)(C)C.CNC(=O)[C@@H](NC(=O)c1nc(Br)n2c1CN(C)CC2)C(C)(C)C.[Zn+][Br].[c-]1nccs1. The Morgan fingerprint density at radius 1 is 0.772 bits per heavy atom. The van der Waals surface area contributed by atoms with Crippen molar-refractivity contribution in [2.75, 3.05) is 41.3 Å². The second kappa shape index (κ2) is 21.9. The summed E-state index contributed by atoms with van der Waals surface area (Å²) in [5, 5.41) is 15.5. The van der Waals surface area contributed by atoms with E-state index in [2.05, 4.69) is 90.6 Å². The Morgan fingerprint density at radius 2 is 1.26 bits per heavy atom. The number of hydrogen-bond acceptors (Lipinski definition) is 12. The van der Waals surface area contributed by atoms with Crippen LogP contribution >= 0.6 is 52.2 Å². The van der Waals surface area contributed by atoms with Gasteiger partial charge in [0.2, 0.25) is 11.8 Å². The minimum atomic E-state index is -0.656. The van der Waals surface area contributed by atoms with Gasteiger partial charge in [0.25, 0.3) is 11.8 Å². The monoisotopic (exact) mass is 1000 g/mol. The van der Waals surface area contributed by atoms with Gasteiger partial charge in [-0.2, -0.15) is 0 Å². The number of nitrogens with zero attached hydrogens (tertiary/aromatic N) is 8. The van der Waals surface area contributed by atoms with Gasteiger partial charge < -0.3 is 35.4 Å². The Balaban J connectivity index is 0.000000264. The molecule has 21 heteroatoms. The fourth-order valence-corrected chi connectivity index (χ4v) is 7.50. The molecule has 57 heavy (non-hydrogen) atoms. The predicted molar refractivity (Wildman–Crippen MR) is 225 cm³/mol. The predicted octanol–water partition coefficient (Wildman–Crippen LogP) is 4.11. The number of fused-ring (bicyclic) bond motifs is 2. The zero-order valence-corrected chi connectivity index (χ0v) is 42.0. The van der Waals surface area contributed by atoms with Gasteiger partial charge in [-0.15, -0.1) is 22.9 Å². The van der Waals surface area contributed by atoms with Crippen LogP contribution < -0.4 is 21.3 Å². The second-order valence-corrected chi connectivity index (χ2v) is 17.7. The maximum atomic E-state index is 13.1. The fraction of sp³-hybridized carbons (Fsp3) is 0.556. The zero-order chi connectivity index (χ0) is 42.7. The van der Waals surface area contributed by atoms with E-state index in [1.165, 1.54) is 39.0 Å². The summed E-state index contributed by atoms with van der Waals surface area (Å²) in [7, 11) is 7.16. The number of halogens is 2. The molecule has 0 spiro atoms. The van der Waals surface area contributed by atoms with Crippen molar-refractivity contribution in [1.82, 2.24) is 60.1 Å². The van der Waals surface area contributed by atoms with Crippen LogP contribution in [0.2, 0.25) is 0 Å². The maximum absolute atomic E-state index is 13.1. The number of amides is 4. The summed E-state index contributed by atoms with van der Waals surface area (Å²) < 4.78 is 4.72. The molecule has 2 aliphatic heterocycles. The van der Waals surface area contributed by atoms with Crippen LogP contribution in [-0.4, -0.2) is 116 Å². The smallest absolute Gasteiger partial charge is 0.0221 e. The zero-order valence-electron chi connectivity index (χ0n) is 34.2. The number of thiazole rings is 2. The number of carbonyl (C=O) groups excluding carboxylic acids is 4. The van der Waals surface area contributed by atoms with E-state index in [1.54, 1.807) is 26.5 Å². The maximum Gasteiger partial charge on any atom is -0.0221 e. The Labute approximate surface area is 367 Å². The third-order valence-corrected chi connectivity index (χ3v) is 10.9. The second-order valence-electron chi connectivity index (χ2n) is 15.4. The minimum absolute atomic E-state index is 0.213. The summed E-state index contributed by atoms with van der Waals surface area (Å²) in [5.41, 5.74) is 4.30. The molecule has 0 bridgehead atoms. The van der Waals surface area contributed by atoms with Crippen LogP contribution in [0.25, 0.3) is 10.8 Å². The van der Waals surface area contributed by atoms with Crippen LogP contribution in [0.4, 0.5) is 0 Å². The first kappa shape index (κ1) is 48.4. The van der Waals surface area contributed by atoms with Crippen LogP contribution in [-0.2, 0) is 52.1 Å². The standard InChI is InChI=1S/C18H26N6O2S.C15H24BrN5O2.C3H2NS.BrH.Zn/c1-18(2,3)13(16(26)19-4)22-15(25)12-11-10-23(5)7-8-24(11)14(21-12)17-20-6-9-27-17;1-15(2,3)11(13(23)17-4)19-12(22)10-9-8-20(5)6-7-21(9)14(16)18-10;1-2-5-3-4-1;;/h6,9,13H,7-8,10H2,1-5H3,(H,19,26)(H,22,25);11H,6-8H2,1-5H3,(H,17,23)(H,19,22);1-2H;1H;/q;;-1;;+2/p-1/t13-;11-;;;/m11.../s1. The van der Waals surface area contributed by atoms with E-state index in [0.717, 1.165) is 42.6 Å². The minimum Gasteiger partial charge on any atom is -0.394 e. The molecule has 4 aromatic rings. The molecule has 0 saturated carbocycles. The van der Waals surface area contributed by atoms with E-state index >= 15 is 0 Å². The number of carbonyl (C=O) groups is 4. The Hall–Kier alpha value is -2.94. The molecule has 16 nitrogen and oxygen atoms in total. The number of likely N-dealkylation sites (N-methyl/N-ethyl adjacent to an activating group) is 4. The molecule has 308 valence electrons. The molecular formula is C36H52Br2N12O4S2Zn. The number of rotatable bonds is 7. The molecule has 6 heterocycles. The normalized spacial score (nSPS) is 15.1. The van der Waals surface area contributed by atoms with E-state index in [-0.39, 0.29) is 23.6 Å². The summed E-state index contributed by atoms with van der Waals surface area (Å²) in [6.07, 6.45) is 3.45. The van der Waals surface area contributed by atoms with Crippen molar-refractivity contribution >= 4 is 75.9 Å². The average molecular weight is 1010 g/mol. The molecule has 0 fully saturated rings. The van der Waals surface area contributed by atoms with Crippen molar-refractivity contribution in [2.45, 2.75) is 79.8 Å². The Kier molecular flexibility index (Phi) is 18.6. The Morgan fingerprint density at radius 3 is 1.67 bits per heavy atom. The van der Waals surface area contributed by atoms with Crippen LogP contribution in [0.15, 0.2) is 27.9 Å². The van der Waals surface area contributed by atoms with E-state index in [4.69, 9.17) is 0 Å². The van der Waals surface area contributed by atoms with Gasteiger partial charge in [0, 0.05) is 64.9 Å². The van der Waals surface area contributed by atoms with Crippen molar-refractivity contribution in [1.29, 1.82) is 0 Å². The molecule has 6 rings (SSSR count). The summed E-state index contributed by atoms with van der Waals surface area (Å²) in [6, 6.07) is -1.28. The molecule has 0 unspecified atom stereocenters. The molecule has 0 radical (unpaired) electrons. The molecule has 4 aromatic heterocycles. The topological polar surface area (TPSA) is 184 Å². The van der Waals surface area contributed by atoms with Crippen molar-refractivity contribution in [3.05, 3.63) is 56.2 Å². The van der Waals surface area contributed by atoms with E-state index in [1.807, 2.05) is 71.0 Å². The van der Waals surface area contributed by atoms with Gasteiger partial charge in [-0.1, -0.05) is 41.5 Å². The van der Waals surface area contributed by atoms with Crippen molar-refractivity contribution < 1.29 is 35.5 Å². The number of nitrogens with one attached hydrogen (secondary N) is 4. The largest absolute Gasteiger partial charge is 0.394 e. The molecule has 0 aromatic carbocycles. The molecule has 4 amide bonds. The summed E-state index contributed by atoms with van der Waals surface area (Å²) >= 11 is 10.6. The van der Waals surface area contributed by atoms with E-state index < -0.39 is 22.9 Å². The first-order valence-corrected chi connectivity index (χ1v) is 27.6. The molecule has 0 saturated heterocycles. The summed E-state index contributed by atoms with van der Waals surface area (Å²) in [4.78, 5) is 71.4. The van der Waals surface area contributed by atoms with Gasteiger partial charge >= 0.3 is 30.0 Å². The van der Waals surface area contributed by atoms with Gasteiger partial charge in [-0.25, -0.2) is 15.0 Å². The molecule has 2 aliphatic rings. The quantitative estimate of drug-likeness (QED) is 0.155. The van der Waals surface area contributed by atoms with Crippen molar-refractivity contribution in [3.63, 3.8) is 0 Å². The number of hydrogen-bond donors (Lipinski definition) is 4. The van der Waals surface area contributed by atoms with Crippen LogP contribution in [0.1, 0.15) is 73.9 Å². The number of imidazole rings is 2. The third kappa shape index (κ3) is 13.0. The molecular weight excluding hydrogens is 954 g/mol. The van der Waals surface area contributed by atoms with Gasteiger partial charge in [0.1, 0.15) is 12.1 Å². The first-order valence-electron chi connectivity index (χ1n) is 18.1. The van der Waals surface area contributed by atoms with Gasteiger partial charge in [0.05, 0.1) is 11.4 Å². The van der Waals surface area contributed by atoms with E-state index in [9.17, 15) is 19.2 Å². The van der Waals surface area contributed by atoms with Crippen LogP contribution in [0.3, 0.4) is 0 Å². The Bertz CT molecular complexity index is 1910. The van der Waals surface area contributed by atoms with Gasteiger partial charge in [-0.05, 0) is 46.4 Å². The van der Waals surface area contributed by atoms with Crippen LogP contribution in [0.5, 0.6) is 0 Å². The van der Waals surface area contributed by atoms with Gasteiger partial charge in [0.15, 0.2) is 27.0 Å². The van der Waals surface area contributed by atoms with Gasteiger partial charge in [-0.3, -0.25) is 40.3 Å². The van der Waals surface area contributed by atoms with Crippen molar-refractivity contribution in [2.24, 2.45) is 10.8 Å². The number of aromatic nitrogens is 6. The average Bonchev–Trinajstić information content (AvgIpc) is 4.01. The summed E-state index contributed by atoms with van der Waals surface area (Å²) in [6.45, 7) is 16.1. The van der Waals surface area contributed by atoms with E-state index in [0.29, 0.717) is 35.0 Å². The third-order valence-electron chi connectivity index (χ3n) is 9.01. The molecule has 0 aliphatic carbocycles. The fourth-order valence-electron chi connectivity index (χ4n) is 5.99.